The molecule has 1 saturated heterocycles. The second-order valence-corrected chi connectivity index (χ2v) is 6.62. The highest BCUT2D eigenvalue weighted by Gasteiger charge is 2.30. The zero-order chi connectivity index (χ0) is 17.9. The van der Waals surface area contributed by atoms with Gasteiger partial charge >= 0.3 is 0 Å². The van der Waals surface area contributed by atoms with Crippen molar-refractivity contribution < 1.29 is 14.3 Å². The van der Waals surface area contributed by atoms with Crippen molar-refractivity contribution in [1.29, 1.82) is 0 Å². The molecule has 0 bridgehead atoms. The monoisotopic (exact) mass is 353 g/mol. The molecule has 1 aliphatic heterocycles. The number of methoxy groups -OCH3 is 1. The predicted molar refractivity (Wildman–Crippen MR) is 100.0 cm³/mol. The molecular formula is C20H23N3O3. The van der Waals surface area contributed by atoms with Crippen molar-refractivity contribution in [3.63, 3.8) is 0 Å². The van der Waals surface area contributed by atoms with Gasteiger partial charge in [0.25, 0.3) is 0 Å². The second-order valence-electron chi connectivity index (χ2n) is 6.62. The average Bonchev–Trinajstić information content (AvgIpc) is 3.12. The molecule has 1 aromatic carbocycles. The summed E-state index contributed by atoms with van der Waals surface area (Å²) in [5.74, 6) is 1.46. The van der Waals surface area contributed by atoms with Crippen molar-refractivity contribution in [2.45, 2.75) is 18.8 Å². The molecule has 1 aliphatic carbocycles. The minimum atomic E-state index is -0.155. The molecule has 2 heterocycles. The minimum absolute atomic E-state index is 0.0134. The molecule has 2 aliphatic rings. The molecule has 1 amide bonds. The van der Waals surface area contributed by atoms with Gasteiger partial charge in [-0.1, -0.05) is 6.07 Å². The molecule has 136 valence electrons. The zero-order valence-electron chi connectivity index (χ0n) is 14.9. The molecule has 1 unspecified atom stereocenters. The first-order valence-corrected chi connectivity index (χ1v) is 9.01. The maximum atomic E-state index is 13.0. The van der Waals surface area contributed by atoms with Crippen molar-refractivity contribution in [2.24, 2.45) is 0 Å². The minimum Gasteiger partial charge on any atom is -0.497 e. The van der Waals surface area contributed by atoms with Gasteiger partial charge in [-0.05, 0) is 48.2 Å². The third-order valence-corrected chi connectivity index (χ3v) is 5.10. The Morgan fingerprint density at radius 2 is 2.15 bits per heavy atom. The fourth-order valence-corrected chi connectivity index (χ4v) is 3.72. The van der Waals surface area contributed by atoms with E-state index in [9.17, 15) is 4.79 Å². The zero-order valence-corrected chi connectivity index (χ0v) is 14.9. The third kappa shape index (κ3) is 3.24. The Bertz CT molecular complexity index is 803. The highest BCUT2D eigenvalue weighted by Crippen LogP contribution is 2.36. The number of hydrogen-bond donors (Lipinski definition) is 1. The molecule has 1 atom stereocenters. The van der Waals surface area contributed by atoms with Crippen LogP contribution in [0, 0.1) is 0 Å². The number of fused-ring (bicyclic) bond motifs is 1. The first-order valence-electron chi connectivity index (χ1n) is 9.01. The fraction of sp³-hybridized carbons (Fsp3) is 0.400. The number of carbonyl (C=O) groups is 1. The summed E-state index contributed by atoms with van der Waals surface area (Å²) in [6.45, 7) is 2.92. The summed E-state index contributed by atoms with van der Waals surface area (Å²) in [4.78, 5) is 19.6. The van der Waals surface area contributed by atoms with Crippen LogP contribution >= 0.6 is 0 Å². The van der Waals surface area contributed by atoms with Gasteiger partial charge in [0.2, 0.25) is 5.91 Å². The van der Waals surface area contributed by atoms with Crippen molar-refractivity contribution in [2.75, 3.05) is 43.6 Å². The van der Waals surface area contributed by atoms with Crippen LogP contribution in [-0.2, 0) is 16.0 Å². The first-order chi connectivity index (χ1) is 12.8. The molecule has 0 radical (unpaired) electrons. The highest BCUT2D eigenvalue weighted by molar-refractivity contribution is 5.98. The van der Waals surface area contributed by atoms with E-state index in [0.717, 1.165) is 48.7 Å². The SMILES string of the molecule is COc1ccc2c(c1)C(C(=O)Nc1cccnc1N1CCOCC1)CC2. The van der Waals surface area contributed by atoms with E-state index in [2.05, 4.69) is 21.3 Å². The quantitative estimate of drug-likeness (QED) is 0.915. The third-order valence-electron chi connectivity index (χ3n) is 5.10. The van der Waals surface area contributed by atoms with Gasteiger partial charge in [0.05, 0.1) is 31.9 Å². The number of ether oxygens (including phenoxy) is 2. The first kappa shape index (κ1) is 16.8. The van der Waals surface area contributed by atoms with Gasteiger partial charge < -0.3 is 19.7 Å². The van der Waals surface area contributed by atoms with Crippen molar-refractivity contribution in [3.05, 3.63) is 47.7 Å². The predicted octanol–water partition coefficient (Wildman–Crippen LogP) is 2.60. The number of aromatic nitrogens is 1. The van der Waals surface area contributed by atoms with Crippen LogP contribution in [0.2, 0.25) is 0 Å². The van der Waals surface area contributed by atoms with Crippen molar-refractivity contribution >= 4 is 17.4 Å². The second kappa shape index (κ2) is 7.33. The molecular weight excluding hydrogens is 330 g/mol. The van der Waals surface area contributed by atoms with Crippen LogP contribution in [0.25, 0.3) is 0 Å². The Hall–Kier alpha value is -2.60. The van der Waals surface area contributed by atoms with Crippen LogP contribution in [0.3, 0.4) is 0 Å². The normalized spacial score (nSPS) is 19.1. The summed E-state index contributed by atoms with van der Waals surface area (Å²) in [7, 11) is 1.65. The van der Waals surface area contributed by atoms with E-state index in [4.69, 9.17) is 9.47 Å². The Kier molecular flexibility index (Phi) is 4.75. The van der Waals surface area contributed by atoms with Crippen molar-refractivity contribution in [3.8, 4) is 5.75 Å². The summed E-state index contributed by atoms with van der Waals surface area (Å²) < 4.78 is 10.7. The molecule has 6 heteroatoms. The lowest BCUT2D eigenvalue weighted by Crippen LogP contribution is -2.37. The summed E-state index contributed by atoms with van der Waals surface area (Å²) >= 11 is 0. The van der Waals surface area contributed by atoms with Crippen LogP contribution in [-0.4, -0.2) is 44.3 Å². The van der Waals surface area contributed by atoms with E-state index in [1.54, 1.807) is 13.3 Å². The van der Waals surface area contributed by atoms with Gasteiger partial charge in [-0.3, -0.25) is 4.79 Å². The standard InChI is InChI=1S/C20H23N3O3/c1-25-15-6-4-14-5-7-16(17(14)13-15)20(24)22-18-3-2-8-21-19(18)23-9-11-26-12-10-23/h2-4,6,8,13,16H,5,7,9-12H2,1H3,(H,22,24). The maximum absolute atomic E-state index is 13.0. The van der Waals surface area contributed by atoms with Gasteiger partial charge in [-0.15, -0.1) is 0 Å². The van der Waals surface area contributed by atoms with E-state index in [1.165, 1.54) is 5.56 Å². The number of morpholine rings is 1. The van der Waals surface area contributed by atoms with Gasteiger partial charge in [-0.2, -0.15) is 0 Å². The molecule has 1 fully saturated rings. The molecule has 26 heavy (non-hydrogen) atoms. The number of nitrogens with one attached hydrogen (secondary N) is 1. The number of benzene rings is 1. The smallest absolute Gasteiger partial charge is 0.232 e. The van der Waals surface area contributed by atoms with Crippen LogP contribution in [0.4, 0.5) is 11.5 Å². The van der Waals surface area contributed by atoms with Crippen LogP contribution in [0.5, 0.6) is 5.75 Å². The lowest BCUT2D eigenvalue weighted by Gasteiger charge is -2.29. The summed E-state index contributed by atoms with van der Waals surface area (Å²) in [6, 6.07) is 9.77. The molecule has 1 N–H and O–H groups in total. The largest absolute Gasteiger partial charge is 0.497 e. The molecule has 2 aromatic rings. The van der Waals surface area contributed by atoms with Crippen LogP contribution in [0.15, 0.2) is 36.5 Å². The van der Waals surface area contributed by atoms with Crippen molar-refractivity contribution in [1.82, 2.24) is 4.98 Å². The topological polar surface area (TPSA) is 63.7 Å². The van der Waals surface area contributed by atoms with Gasteiger partial charge in [0.1, 0.15) is 5.75 Å². The van der Waals surface area contributed by atoms with Gasteiger partial charge in [0.15, 0.2) is 5.82 Å². The van der Waals surface area contributed by atoms with Crippen LogP contribution < -0.4 is 15.0 Å². The Morgan fingerprint density at radius 1 is 1.31 bits per heavy atom. The lowest BCUT2D eigenvalue weighted by atomic mass is 10.00. The summed E-state index contributed by atoms with van der Waals surface area (Å²) in [5.41, 5.74) is 3.06. The van der Waals surface area contributed by atoms with Gasteiger partial charge in [0, 0.05) is 19.3 Å². The van der Waals surface area contributed by atoms with E-state index in [1.807, 2.05) is 24.3 Å². The number of anilines is 2. The molecule has 1 aromatic heterocycles. The number of nitrogens with zero attached hydrogens (tertiary/aromatic N) is 2. The highest BCUT2D eigenvalue weighted by atomic mass is 16.5. The van der Waals surface area contributed by atoms with E-state index < -0.39 is 0 Å². The van der Waals surface area contributed by atoms with Crippen LogP contribution in [0.1, 0.15) is 23.5 Å². The summed E-state index contributed by atoms with van der Waals surface area (Å²) in [6.07, 6.45) is 3.50. The fourth-order valence-electron chi connectivity index (χ4n) is 3.72. The number of hydrogen-bond acceptors (Lipinski definition) is 5. The number of amides is 1. The lowest BCUT2D eigenvalue weighted by molar-refractivity contribution is -0.117. The molecule has 0 spiro atoms. The van der Waals surface area contributed by atoms with E-state index >= 15 is 0 Å². The Morgan fingerprint density at radius 3 is 2.96 bits per heavy atom. The average molecular weight is 353 g/mol. The molecule has 0 saturated carbocycles. The van der Waals surface area contributed by atoms with E-state index in [-0.39, 0.29) is 11.8 Å². The maximum Gasteiger partial charge on any atom is 0.232 e. The molecule has 4 rings (SSSR count). The number of carbonyl (C=O) groups excluding carboxylic acids is 1. The Balaban J connectivity index is 1.55. The molecule has 6 nitrogen and oxygen atoms in total. The summed E-state index contributed by atoms with van der Waals surface area (Å²) in [5, 5.41) is 3.10. The number of rotatable bonds is 4. The Labute approximate surface area is 153 Å². The number of pyridine rings is 1. The van der Waals surface area contributed by atoms with E-state index in [0.29, 0.717) is 13.2 Å². The van der Waals surface area contributed by atoms with Gasteiger partial charge in [-0.25, -0.2) is 4.98 Å². The number of aryl methyl sites for hydroxylation is 1.